The normalized spacial score (nSPS) is 31.5. The Bertz CT molecular complexity index is 466. The van der Waals surface area contributed by atoms with Gasteiger partial charge in [0.25, 0.3) is 0 Å². The van der Waals surface area contributed by atoms with Gasteiger partial charge in [0.2, 0.25) is 0 Å². The molecule has 1 aliphatic carbocycles. The number of hydrogen-bond donors (Lipinski definition) is 2. The fraction of sp³-hybridized carbons (Fsp3) is 0.455. The van der Waals surface area contributed by atoms with Gasteiger partial charge in [0, 0.05) is 30.2 Å². The largest absolute Gasteiger partial charge is 0.409 e. The first-order chi connectivity index (χ1) is 8.20. The number of amidine groups is 1. The summed E-state index contributed by atoms with van der Waals surface area (Å²) >= 11 is 5.93. The van der Waals surface area contributed by atoms with E-state index in [0.29, 0.717) is 22.7 Å². The molecular weight excluding hydrogens is 240 g/mol. The van der Waals surface area contributed by atoms with Gasteiger partial charge < -0.3 is 15.8 Å². The van der Waals surface area contributed by atoms with Crippen LogP contribution in [-0.4, -0.2) is 29.1 Å². The van der Waals surface area contributed by atoms with Crippen molar-refractivity contribution in [2.45, 2.75) is 0 Å². The fourth-order valence-electron chi connectivity index (χ4n) is 2.79. The molecule has 0 spiro atoms. The minimum absolute atomic E-state index is 0.246. The van der Waals surface area contributed by atoms with Gasteiger partial charge in [0.05, 0.1) is 0 Å². The van der Waals surface area contributed by atoms with Crippen LogP contribution in [0.15, 0.2) is 23.5 Å². The zero-order valence-corrected chi connectivity index (χ0v) is 9.88. The third-order valence-corrected chi connectivity index (χ3v) is 3.92. The van der Waals surface area contributed by atoms with Crippen molar-refractivity contribution in [2.24, 2.45) is 28.6 Å². The van der Waals surface area contributed by atoms with Crippen LogP contribution >= 0.6 is 11.6 Å². The first-order valence-corrected chi connectivity index (χ1v) is 5.92. The Morgan fingerprint density at radius 2 is 2.24 bits per heavy atom. The van der Waals surface area contributed by atoms with E-state index in [1.165, 1.54) is 0 Å². The summed E-state index contributed by atoms with van der Waals surface area (Å²) in [6.07, 6.45) is 1.71. The molecule has 2 heterocycles. The van der Waals surface area contributed by atoms with Crippen molar-refractivity contribution in [3.8, 4) is 0 Å². The maximum atomic E-state index is 8.64. The molecule has 17 heavy (non-hydrogen) atoms. The standard InChI is InChI=1S/C11H13ClN4O/c12-6-1-2-14-9(3-6)16-4-7-8(5-16)10(7)11(13)15-17/h1-3,7-8,10,17H,4-5H2,(H2,13,15). The molecule has 3 N–H and O–H groups in total. The Kier molecular flexibility index (Phi) is 2.36. The highest BCUT2D eigenvalue weighted by atomic mass is 35.5. The van der Waals surface area contributed by atoms with Crippen molar-refractivity contribution in [1.82, 2.24) is 4.98 Å². The van der Waals surface area contributed by atoms with Gasteiger partial charge in [-0.3, -0.25) is 0 Å². The molecule has 2 fully saturated rings. The van der Waals surface area contributed by atoms with Crippen LogP contribution in [0.1, 0.15) is 0 Å². The van der Waals surface area contributed by atoms with Crippen LogP contribution in [0.2, 0.25) is 5.02 Å². The van der Waals surface area contributed by atoms with Crippen LogP contribution in [0.4, 0.5) is 5.82 Å². The molecule has 2 atom stereocenters. The maximum absolute atomic E-state index is 8.64. The maximum Gasteiger partial charge on any atom is 0.142 e. The number of pyridine rings is 1. The molecular formula is C11H13ClN4O. The number of nitrogens with zero attached hydrogens (tertiary/aromatic N) is 3. The second-order valence-corrected chi connectivity index (χ2v) is 5.05. The Hall–Kier alpha value is -1.49. The van der Waals surface area contributed by atoms with E-state index in [1.54, 1.807) is 12.3 Å². The number of nitrogens with two attached hydrogens (primary N) is 1. The van der Waals surface area contributed by atoms with Crippen LogP contribution in [-0.2, 0) is 0 Å². The molecule has 1 aliphatic heterocycles. The number of fused-ring (bicyclic) bond motifs is 1. The second kappa shape index (κ2) is 3.77. The SMILES string of the molecule is NC(=NO)C1C2CN(c3cc(Cl)ccn3)CC21. The topological polar surface area (TPSA) is 74.7 Å². The van der Waals surface area contributed by atoms with Gasteiger partial charge in [-0.2, -0.15) is 0 Å². The predicted molar refractivity (Wildman–Crippen MR) is 65.3 cm³/mol. The first-order valence-electron chi connectivity index (χ1n) is 5.54. The van der Waals surface area contributed by atoms with Crippen molar-refractivity contribution in [3.05, 3.63) is 23.4 Å². The molecule has 90 valence electrons. The molecule has 0 radical (unpaired) electrons. The summed E-state index contributed by atoms with van der Waals surface area (Å²) in [6.45, 7) is 1.80. The van der Waals surface area contributed by atoms with E-state index < -0.39 is 0 Å². The van der Waals surface area contributed by atoms with Gasteiger partial charge in [-0.25, -0.2) is 4.98 Å². The summed E-state index contributed by atoms with van der Waals surface area (Å²) in [6, 6.07) is 3.63. The van der Waals surface area contributed by atoms with Gasteiger partial charge in [-0.15, -0.1) is 0 Å². The number of aromatic nitrogens is 1. The summed E-state index contributed by atoms with van der Waals surface area (Å²) < 4.78 is 0. The first kappa shape index (κ1) is 10.7. The molecule has 0 amide bonds. The Morgan fingerprint density at radius 1 is 1.53 bits per heavy atom. The van der Waals surface area contributed by atoms with E-state index in [-0.39, 0.29) is 5.92 Å². The van der Waals surface area contributed by atoms with Gasteiger partial charge in [0.1, 0.15) is 11.7 Å². The molecule has 2 unspecified atom stereocenters. The lowest BCUT2D eigenvalue weighted by molar-refractivity contribution is 0.315. The molecule has 3 rings (SSSR count). The van der Waals surface area contributed by atoms with Gasteiger partial charge in [-0.1, -0.05) is 16.8 Å². The lowest BCUT2D eigenvalue weighted by Gasteiger charge is -2.20. The van der Waals surface area contributed by atoms with Crippen LogP contribution in [0, 0.1) is 17.8 Å². The average molecular weight is 253 g/mol. The molecule has 1 saturated heterocycles. The van der Waals surface area contributed by atoms with Crippen molar-refractivity contribution >= 4 is 23.3 Å². The summed E-state index contributed by atoms with van der Waals surface area (Å²) in [5, 5.41) is 12.4. The number of hydrogen-bond acceptors (Lipinski definition) is 4. The second-order valence-electron chi connectivity index (χ2n) is 4.62. The smallest absolute Gasteiger partial charge is 0.142 e. The monoisotopic (exact) mass is 252 g/mol. The van der Waals surface area contributed by atoms with Crippen molar-refractivity contribution < 1.29 is 5.21 Å². The quantitative estimate of drug-likeness (QED) is 0.359. The van der Waals surface area contributed by atoms with Crippen molar-refractivity contribution in [1.29, 1.82) is 0 Å². The van der Waals surface area contributed by atoms with E-state index in [2.05, 4.69) is 15.0 Å². The molecule has 0 bridgehead atoms. The molecule has 1 aromatic rings. The van der Waals surface area contributed by atoms with E-state index >= 15 is 0 Å². The third-order valence-electron chi connectivity index (χ3n) is 3.68. The van der Waals surface area contributed by atoms with Crippen LogP contribution in [0.3, 0.4) is 0 Å². The van der Waals surface area contributed by atoms with Gasteiger partial charge in [0.15, 0.2) is 0 Å². The zero-order valence-electron chi connectivity index (χ0n) is 9.12. The fourth-order valence-corrected chi connectivity index (χ4v) is 2.94. The Morgan fingerprint density at radius 3 is 2.82 bits per heavy atom. The Labute approximate surface area is 104 Å². The number of rotatable bonds is 2. The lowest BCUT2D eigenvalue weighted by atomic mass is 10.2. The molecule has 2 aliphatic rings. The molecule has 0 aromatic carbocycles. The van der Waals surface area contributed by atoms with Crippen LogP contribution < -0.4 is 10.6 Å². The van der Waals surface area contributed by atoms with Crippen molar-refractivity contribution in [2.75, 3.05) is 18.0 Å². The van der Waals surface area contributed by atoms with Gasteiger partial charge >= 0.3 is 0 Å². The summed E-state index contributed by atoms with van der Waals surface area (Å²) in [5.41, 5.74) is 5.62. The number of oxime groups is 1. The molecule has 1 aromatic heterocycles. The number of piperidine rings is 1. The zero-order chi connectivity index (χ0) is 12.0. The van der Waals surface area contributed by atoms with E-state index in [9.17, 15) is 0 Å². The van der Waals surface area contributed by atoms with Crippen LogP contribution in [0.25, 0.3) is 0 Å². The number of anilines is 1. The minimum atomic E-state index is 0.246. The van der Waals surface area contributed by atoms with E-state index in [4.69, 9.17) is 22.5 Å². The van der Waals surface area contributed by atoms with Gasteiger partial charge in [-0.05, 0) is 24.0 Å². The summed E-state index contributed by atoms with van der Waals surface area (Å²) in [7, 11) is 0. The minimum Gasteiger partial charge on any atom is -0.409 e. The molecule has 1 saturated carbocycles. The summed E-state index contributed by atoms with van der Waals surface area (Å²) in [5.74, 6) is 2.50. The molecule has 5 nitrogen and oxygen atoms in total. The van der Waals surface area contributed by atoms with Crippen LogP contribution in [0.5, 0.6) is 0 Å². The van der Waals surface area contributed by atoms with E-state index in [1.807, 2.05) is 6.07 Å². The predicted octanol–water partition coefficient (Wildman–Crippen LogP) is 1.16. The van der Waals surface area contributed by atoms with E-state index in [0.717, 1.165) is 18.9 Å². The lowest BCUT2D eigenvalue weighted by Crippen LogP contribution is -2.29. The third kappa shape index (κ3) is 1.70. The molecule has 6 heteroatoms. The average Bonchev–Trinajstić information content (AvgIpc) is 2.82. The Balaban J connectivity index is 1.69. The highest BCUT2D eigenvalue weighted by Crippen LogP contribution is 2.52. The highest BCUT2D eigenvalue weighted by molar-refractivity contribution is 6.30. The number of halogens is 1. The highest BCUT2D eigenvalue weighted by Gasteiger charge is 2.58. The van der Waals surface area contributed by atoms with Crippen molar-refractivity contribution in [3.63, 3.8) is 0 Å². The summed E-state index contributed by atoms with van der Waals surface area (Å²) in [4.78, 5) is 6.49.